The summed E-state index contributed by atoms with van der Waals surface area (Å²) in [6.45, 7) is 10.4. The van der Waals surface area contributed by atoms with Gasteiger partial charge in [-0.3, -0.25) is 14.4 Å². The highest BCUT2D eigenvalue weighted by molar-refractivity contribution is 7.89. The second-order valence-electron chi connectivity index (χ2n) is 12.7. The monoisotopic (exact) mass is 646 g/mol. The Morgan fingerprint density at radius 3 is 2.16 bits per heavy atom. The van der Waals surface area contributed by atoms with Gasteiger partial charge in [0.05, 0.1) is 33.9 Å². The summed E-state index contributed by atoms with van der Waals surface area (Å²) in [7, 11) is -3.65. The molecule has 0 saturated heterocycles. The van der Waals surface area contributed by atoms with Crippen LogP contribution in [0.2, 0.25) is 0 Å². The van der Waals surface area contributed by atoms with E-state index in [0.717, 1.165) is 18.4 Å². The first kappa shape index (κ1) is 35.0. The van der Waals surface area contributed by atoms with Gasteiger partial charge in [-0.15, -0.1) is 0 Å². The number of nitrogens with one attached hydrogen (secondary N) is 1. The van der Waals surface area contributed by atoms with E-state index in [-0.39, 0.29) is 34.4 Å². The molecule has 12 heteroatoms. The second kappa shape index (κ2) is 13.3. The van der Waals surface area contributed by atoms with Crippen molar-refractivity contribution in [3.8, 4) is 11.1 Å². The Balaban J connectivity index is 2.34. The third-order valence-electron chi connectivity index (χ3n) is 6.39. The van der Waals surface area contributed by atoms with Gasteiger partial charge in [0.25, 0.3) is 5.56 Å². The number of benzene rings is 2. The zero-order valence-corrected chi connectivity index (χ0v) is 27.8. The van der Waals surface area contributed by atoms with Gasteiger partial charge in [0, 0.05) is 42.3 Å². The Morgan fingerprint density at radius 1 is 1.00 bits per heavy atom. The second-order valence-corrected chi connectivity index (χ2v) is 16.9. The molecule has 0 aliphatic heterocycles. The number of hydrogen-bond acceptors (Lipinski definition) is 7. The standard InChI is InChI=1S/C32H39FN2O7S2/c1-31(2,3)42-29(37)17-27(34-43(39)32(4,5)6)25-16-28(36)35(7)18-26(25)24-15-20(19-44(8,40)41)9-14-23(24)30(38)21-10-12-22(33)13-11-21/h9-16,18,27,34H,17,19H2,1-8H3/t27-,43+/m0/s1. The molecule has 238 valence electrons. The van der Waals surface area contributed by atoms with Gasteiger partial charge in [-0.1, -0.05) is 12.1 Å². The highest BCUT2D eigenvalue weighted by Crippen LogP contribution is 2.35. The Hall–Kier alpha value is -3.48. The summed E-state index contributed by atoms with van der Waals surface area (Å²) in [6, 6.07) is 9.85. The Labute approximate surface area is 260 Å². The third kappa shape index (κ3) is 9.51. The largest absolute Gasteiger partial charge is 0.460 e. The molecular weight excluding hydrogens is 607 g/mol. The lowest BCUT2D eigenvalue weighted by atomic mass is 9.88. The lowest BCUT2D eigenvalue weighted by molar-refractivity contribution is -0.155. The molecule has 9 nitrogen and oxygen atoms in total. The zero-order chi connectivity index (χ0) is 33.2. The number of ether oxygens (including phenoxy) is 1. The number of hydrogen-bond donors (Lipinski definition) is 1. The number of aryl methyl sites for hydroxylation is 1. The minimum atomic E-state index is -3.47. The van der Waals surface area contributed by atoms with Crippen LogP contribution in [0.15, 0.2) is 59.5 Å². The fourth-order valence-electron chi connectivity index (χ4n) is 4.39. The molecule has 1 heterocycles. The topological polar surface area (TPSA) is 129 Å². The molecule has 0 aliphatic carbocycles. The zero-order valence-electron chi connectivity index (χ0n) is 26.2. The van der Waals surface area contributed by atoms with Crippen molar-refractivity contribution in [1.82, 2.24) is 9.29 Å². The van der Waals surface area contributed by atoms with Crippen LogP contribution in [0.4, 0.5) is 4.39 Å². The predicted octanol–water partition coefficient (Wildman–Crippen LogP) is 4.79. The molecule has 3 rings (SSSR count). The molecule has 0 radical (unpaired) electrons. The Bertz CT molecular complexity index is 1750. The number of carbonyl (C=O) groups excluding carboxylic acids is 2. The van der Waals surface area contributed by atoms with Crippen LogP contribution in [0.5, 0.6) is 0 Å². The first-order valence-electron chi connectivity index (χ1n) is 13.9. The summed E-state index contributed by atoms with van der Waals surface area (Å²) < 4.78 is 60.5. The fourth-order valence-corrected chi connectivity index (χ4v) is 6.00. The Morgan fingerprint density at radius 2 is 1.61 bits per heavy atom. The van der Waals surface area contributed by atoms with Gasteiger partial charge in [0.2, 0.25) is 0 Å². The summed E-state index contributed by atoms with van der Waals surface area (Å²) in [5, 5.41) is 0. The van der Waals surface area contributed by atoms with Crippen LogP contribution in [0.1, 0.15) is 81.1 Å². The molecule has 3 aromatic rings. The van der Waals surface area contributed by atoms with Crippen LogP contribution < -0.4 is 10.3 Å². The van der Waals surface area contributed by atoms with Crippen molar-refractivity contribution in [2.24, 2.45) is 7.05 Å². The third-order valence-corrected chi connectivity index (χ3v) is 8.85. The van der Waals surface area contributed by atoms with E-state index in [1.807, 2.05) is 0 Å². The molecular formula is C32H39FN2O7S2. The minimum absolute atomic E-state index is 0.154. The lowest BCUT2D eigenvalue weighted by Gasteiger charge is -2.27. The predicted molar refractivity (Wildman–Crippen MR) is 170 cm³/mol. The molecule has 1 aromatic heterocycles. The Kier molecular flexibility index (Phi) is 10.5. The van der Waals surface area contributed by atoms with Crippen LogP contribution in [0.25, 0.3) is 11.1 Å². The maximum atomic E-state index is 13.8. The number of esters is 1. The van der Waals surface area contributed by atoms with Crippen molar-refractivity contribution in [1.29, 1.82) is 0 Å². The van der Waals surface area contributed by atoms with Gasteiger partial charge in [-0.25, -0.2) is 21.7 Å². The SMILES string of the molecule is Cn1cc(-c2cc(CS(C)(=O)=O)ccc2C(=O)c2ccc(F)cc2)c([C@H](CC(=O)OC(C)(C)C)N[S@](=O)C(C)(C)C)cc1=O. The van der Waals surface area contributed by atoms with Crippen LogP contribution in [-0.4, -0.2) is 45.6 Å². The highest BCUT2D eigenvalue weighted by Gasteiger charge is 2.30. The van der Waals surface area contributed by atoms with E-state index in [2.05, 4.69) is 4.72 Å². The average molecular weight is 647 g/mol. The van der Waals surface area contributed by atoms with E-state index in [4.69, 9.17) is 4.74 Å². The maximum Gasteiger partial charge on any atom is 0.308 e. The maximum absolute atomic E-state index is 13.8. The number of rotatable bonds is 10. The highest BCUT2D eigenvalue weighted by atomic mass is 32.2. The fraction of sp³-hybridized carbons (Fsp3) is 0.406. The van der Waals surface area contributed by atoms with E-state index in [1.54, 1.807) is 47.6 Å². The summed E-state index contributed by atoms with van der Waals surface area (Å²) in [5.41, 5.74) is 0.362. The van der Waals surface area contributed by atoms with Crippen molar-refractivity contribution in [3.63, 3.8) is 0 Å². The summed E-state index contributed by atoms with van der Waals surface area (Å²) >= 11 is 0. The molecule has 2 aromatic carbocycles. The number of ketones is 1. The van der Waals surface area contributed by atoms with E-state index in [0.29, 0.717) is 11.1 Å². The number of sulfone groups is 1. The molecule has 2 atom stereocenters. The molecule has 0 aliphatic rings. The van der Waals surface area contributed by atoms with E-state index in [9.17, 15) is 31.4 Å². The van der Waals surface area contributed by atoms with Gasteiger partial charge in [0.1, 0.15) is 11.4 Å². The molecule has 0 unspecified atom stereocenters. The van der Waals surface area contributed by atoms with Crippen molar-refractivity contribution in [2.45, 2.75) is 70.1 Å². The first-order valence-corrected chi connectivity index (χ1v) is 17.1. The van der Waals surface area contributed by atoms with Crippen LogP contribution in [0, 0.1) is 5.82 Å². The van der Waals surface area contributed by atoms with Gasteiger partial charge < -0.3 is 9.30 Å². The van der Waals surface area contributed by atoms with Crippen molar-refractivity contribution < 1.29 is 31.3 Å². The molecule has 0 bridgehead atoms. The van der Waals surface area contributed by atoms with E-state index >= 15 is 0 Å². The van der Waals surface area contributed by atoms with Crippen LogP contribution in [-0.2, 0) is 43.2 Å². The lowest BCUT2D eigenvalue weighted by Crippen LogP contribution is -2.38. The first-order chi connectivity index (χ1) is 20.1. The number of carbonyl (C=O) groups is 2. The van der Waals surface area contributed by atoms with Gasteiger partial charge >= 0.3 is 5.97 Å². The molecule has 44 heavy (non-hydrogen) atoms. The number of nitrogens with zero attached hydrogens (tertiary/aromatic N) is 1. The number of halogens is 1. The van der Waals surface area contributed by atoms with Gasteiger partial charge in [0.15, 0.2) is 15.6 Å². The molecule has 0 saturated carbocycles. The number of pyridine rings is 1. The molecule has 0 amide bonds. The number of aromatic nitrogens is 1. The molecule has 1 N–H and O–H groups in total. The summed E-state index contributed by atoms with van der Waals surface area (Å²) in [4.78, 5) is 39.9. The quantitative estimate of drug-likeness (QED) is 0.248. The normalized spacial score (nSPS) is 13.8. The average Bonchev–Trinajstić information content (AvgIpc) is 2.87. The van der Waals surface area contributed by atoms with Crippen molar-refractivity contribution in [3.05, 3.63) is 93.2 Å². The smallest absolute Gasteiger partial charge is 0.308 e. The van der Waals surface area contributed by atoms with E-state index < -0.39 is 60.3 Å². The minimum Gasteiger partial charge on any atom is -0.460 e. The molecule has 0 spiro atoms. The van der Waals surface area contributed by atoms with Gasteiger partial charge in [-0.2, -0.15) is 0 Å². The van der Waals surface area contributed by atoms with E-state index in [1.165, 1.54) is 48.1 Å². The van der Waals surface area contributed by atoms with Gasteiger partial charge in [-0.05, 0) is 88.6 Å². The van der Waals surface area contributed by atoms with Crippen molar-refractivity contribution in [2.75, 3.05) is 6.26 Å². The van der Waals surface area contributed by atoms with Crippen molar-refractivity contribution >= 4 is 32.6 Å². The summed E-state index contributed by atoms with van der Waals surface area (Å²) in [6.07, 6.45) is 2.27. The summed E-state index contributed by atoms with van der Waals surface area (Å²) in [5.74, 6) is -1.92. The molecule has 0 fully saturated rings. The van der Waals surface area contributed by atoms with Crippen LogP contribution in [0.3, 0.4) is 0 Å². The van der Waals surface area contributed by atoms with Crippen LogP contribution >= 0.6 is 0 Å².